The highest BCUT2D eigenvalue weighted by Gasteiger charge is 2.29. The lowest BCUT2D eigenvalue weighted by molar-refractivity contribution is 0.153. The summed E-state index contributed by atoms with van der Waals surface area (Å²) >= 11 is 1.79. The molecule has 0 aromatic carbocycles. The van der Waals surface area contributed by atoms with Crippen molar-refractivity contribution in [2.45, 2.75) is 37.8 Å². The van der Waals surface area contributed by atoms with E-state index in [0.29, 0.717) is 6.04 Å². The van der Waals surface area contributed by atoms with E-state index in [2.05, 4.69) is 28.9 Å². The number of aliphatic hydroxyl groups excluding tert-OH is 1. The fraction of sp³-hybridized carbons (Fsp3) is 0.769. The normalized spacial score (nSPS) is 27.9. The molecule has 1 aromatic heterocycles. The molecule has 1 aromatic rings. The van der Waals surface area contributed by atoms with Gasteiger partial charge in [0.1, 0.15) is 0 Å². The summed E-state index contributed by atoms with van der Waals surface area (Å²) < 4.78 is 0. The van der Waals surface area contributed by atoms with Crippen molar-refractivity contribution in [3.63, 3.8) is 0 Å². The molecule has 5 heteroatoms. The van der Waals surface area contributed by atoms with E-state index in [9.17, 15) is 5.11 Å². The maximum absolute atomic E-state index is 9.98. The number of aliphatic hydroxyl groups is 1. The molecule has 0 bridgehead atoms. The van der Waals surface area contributed by atoms with E-state index < -0.39 is 0 Å². The molecule has 2 unspecified atom stereocenters. The molecule has 1 aliphatic heterocycles. The monoisotopic (exact) mass is 267 g/mol. The third-order valence-electron chi connectivity index (χ3n) is 4.08. The van der Waals surface area contributed by atoms with Crippen LogP contribution in [-0.2, 0) is 6.42 Å². The van der Waals surface area contributed by atoms with Crippen LogP contribution in [-0.4, -0.2) is 48.2 Å². The Morgan fingerprint density at radius 2 is 2.22 bits per heavy atom. The van der Waals surface area contributed by atoms with Crippen LogP contribution in [0.5, 0.6) is 0 Å². The van der Waals surface area contributed by atoms with Gasteiger partial charge in [0.15, 0.2) is 5.13 Å². The van der Waals surface area contributed by atoms with Crippen LogP contribution < -0.4 is 4.90 Å². The van der Waals surface area contributed by atoms with Gasteiger partial charge >= 0.3 is 0 Å². The zero-order valence-electron chi connectivity index (χ0n) is 11.1. The predicted molar refractivity (Wildman–Crippen MR) is 74.3 cm³/mol. The van der Waals surface area contributed by atoms with Crippen molar-refractivity contribution in [3.05, 3.63) is 10.6 Å². The lowest BCUT2D eigenvalue weighted by Gasteiger charge is -2.19. The van der Waals surface area contributed by atoms with Crippen LogP contribution in [0, 0.1) is 0 Å². The summed E-state index contributed by atoms with van der Waals surface area (Å²) in [6.45, 7) is 2.15. The highest BCUT2D eigenvalue weighted by molar-refractivity contribution is 7.15. The first-order chi connectivity index (χ1) is 8.65. The van der Waals surface area contributed by atoms with Gasteiger partial charge in [-0.15, -0.1) is 11.3 Å². The van der Waals surface area contributed by atoms with Gasteiger partial charge in [-0.3, -0.25) is 0 Å². The van der Waals surface area contributed by atoms with Crippen molar-refractivity contribution in [1.29, 1.82) is 0 Å². The second kappa shape index (κ2) is 4.79. The molecule has 0 radical (unpaired) electrons. The molecule has 3 rings (SSSR count). The second-order valence-corrected chi connectivity index (χ2v) is 6.63. The molecule has 2 heterocycles. The fourth-order valence-corrected chi connectivity index (χ4v) is 4.05. The standard InChI is InChI=1S/C13H21N3OS/c1-15(2)9-6-7-16(8-9)13-14-12-10(17)4-3-5-11(12)18-13/h9-10,17H,3-8H2,1-2H3. The van der Waals surface area contributed by atoms with Gasteiger partial charge in [-0.25, -0.2) is 4.98 Å². The molecule has 1 aliphatic carbocycles. The van der Waals surface area contributed by atoms with Gasteiger partial charge in [0.05, 0.1) is 11.8 Å². The Labute approximate surface area is 112 Å². The minimum atomic E-state index is -0.328. The molecule has 4 nitrogen and oxygen atoms in total. The summed E-state index contributed by atoms with van der Waals surface area (Å²) in [5, 5.41) is 11.1. The number of fused-ring (bicyclic) bond motifs is 1. The van der Waals surface area contributed by atoms with Crippen molar-refractivity contribution in [2.75, 3.05) is 32.1 Å². The van der Waals surface area contributed by atoms with Crippen LogP contribution in [0.15, 0.2) is 0 Å². The van der Waals surface area contributed by atoms with Gasteiger partial charge in [-0.2, -0.15) is 0 Å². The number of likely N-dealkylation sites (N-methyl/N-ethyl adjacent to an activating group) is 1. The van der Waals surface area contributed by atoms with Gasteiger partial charge in [0.2, 0.25) is 0 Å². The van der Waals surface area contributed by atoms with Gasteiger partial charge in [0.25, 0.3) is 0 Å². The summed E-state index contributed by atoms with van der Waals surface area (Å²) in [5.41, 5.74) is 0.953. The molecule has 2 aliphatic rings. The van der Waals surface area contributed by atoms with Crippen molar-refractivity contribution >= 4 is 16.5 Å². The SMILES string of the molecule is CN(C)C1CCN(c2nc3c(s2)CCCC3O)C1. The molecule has 0 amide bonds. The Morgan fingerprint density at radius 1 is 1.39 bits per heavy atom. The molecule has 1 N–H and O–H groups in total. The maximum atomic E-state index is 9.98. The first-order valence-electron chi connectivity index (χ1n) is 6.74. The zero-order valence-corrected chi connectivity index (χ0v) is 11.9. The van der Waals surface area contributed by atoms with Crippen LogP contribution in [0.1, 0.15) is 35.9 Å². The highest BCUT2D eigenvalue weighted by atomic mass is 32.1. The van der Waals surface area contributed by atoms with Crippen LogP contribution >= 0.6 is 11.3 Å². The summed E-state index contributed by atoms with van der Waals surface area (Å²) in [5.74, 6) is 0. The largest absolute Gasteiger partial charge is 0.387 e. The van der Waals surface area contributed by atoms with Crippen molar-refractivity contribution in [3.8, 4) is 0 Å². The topological polar surface area (TPSA) is 39.6 Å². The van der Waals surface area contributed by atoms with E-state index in [-0.39, 0.29) is 6.10 Å². The van der Waals surface area contributed by atoms with Gasteiger partial charge < -0.3 is 14.9 Å². The summed E-state index contributed by atoms with van der Waals surface area (Å²) in [7, 11) is 4.29. The summed E-state index contributed by atoms with van der Waals surface area (Å²) in [6.07, 6.45) is 3.94. The number of anilines is 1. The number of rotatable bonds is 2. The van der Waals surface area contributed by atoms with E-state index in [4.69, 9.17) is 0 Å². The van der Waals surface area contributed by atoms with Crippen LogP contribution in [0.2, 0.25) is 0 Å². The van der Waals surface area contributed by atoms with E-state index in [0.717, 1.165) is 43.2 Å². The second-order valence-electron chi connectivity index (χ2n) is 5.57. The minimum Gasteiger partial charge on any atom is -0.387 e. The summed E-state index contributed by atoms with van der Waals surface area (Å²) in [6, 6.07) is 0.635. The molecule has 2 atom stereocenters. The van der Waals surface area contributed by atoms with Crippen LogP contribution in [0.4, 0.5) is 5.13 Å². The number of hydrogen-bond donors (Lipinski definition) is 1. The van der Waals surface area contributed by atoms with Crippen LogP contribution in [0.3, 0.4) is 0 Å². The molecule has 0 saturated carbocycles. The highest BCUT2D eigenvalue weighted by Crippen LogP contribution is 2.37. The first kappa shape index (κ1) is 12.4. The Bertz CT molecular complexity index is 432. The van der Waals surface area contributed by atoms with E-state index in [1.54, 1.807) is 11.3 Å². The number of nitrogens with zero attached hydrogens (tertiary/aromatic N) is 3. The molecule has 1 saturated heterocycles. The van der Waals surface area contributed by atoms with E-state index in [1.807, 2.05) is 0 Å². The van der Waals surface area contributed by atoms with E-state index in [1.165, 1.54) is 11.3 Å². The molecule has 100 valence electrons. The Kier molecular flexibility index (Phi) is 3.30. The predicted octanol–water partition coefficient (Wildman–Crippen LogP) is 1.65. The molecule has 1 fully saturated rings. The smallest absolute Gasteiger partial charge is 0.185 e. The third-order valence-corrected chi connectivity index (χ3v) is 5.27. The average molecular weight is 267 g/mol. The Hall–Kier alpha value is -0.650. The van der Waals surface area contributed by atoms with Gasteiger partial charge in [-0.1, -0.05) is 0 Å². The van der Waals surface area contributed by atoms with E-state index >= 15 is 0 Å². The number of aryl methyl sites for hydroxylation is 1. The maximum Gasteiger partial charge on any atom is 0.185 e. The number of thiazole rings is 1. The molecule has 18 heavy (non-hydrogen) atoms. The van der Waals surface area contributed by atoms with Crippen molar-refractivity contribution in [1.82, 2.24) is 9.88 Å². The van der Waals surface area contributed by atoms with Crippen LogP contribution in [0.25, 0.3) is 0 Å². The molecule has 0 spiro atoms. The molecular formula is C13H21N3OS. The third kappa shape index (κ3) is 2.15. The number of hydrogen-bond acceptors (Lipinski definition) is 5. The zero-order chi connectivity index (χ0) is 12.7. The Morgan fingerprint density at radius 3 is 2.89 bits per heavy atom. The first-order valence-corrected chi connectivity index (χ1v) is 7.56. The lowest BCUT2D eigenvalue weighted by Crippen LogP contribution is -2.31. The molecular weight excluding hydrogens is 246 g/mol. The minimum absolute atomic E-state index is 0.328. The quantitative estimate of drug-likeness (QED) is 0.884. The fourth-order valence-electron chi connectivity index (χ4n) is 2.86. The summed E-state index contributed by atoms with van der Waals surface area (Å²) in [4.78, 5) is 10.7. The average Bonchev–Trinajstić information content (AvgIpc) is 2.95. The van der Waals surface area contributed by atoms with Gasteiger partial charge in [-0.05, 0) is 39.8 Å². The number of aromatic nitrogens is 1. The lowest BCUT2D eigenvalue weighted by atomic mass is 10.0. The van der Waals surface area contributed by atoms with Crippen molar-refractivity contribution in [2.24, 2.45) is 0 Å². The Balaban J connectivity index is 1.78. The van der Waals surface area contributed by atoms with Gasteiger partial charge in [0, 0.05) is 24.0 Å². The van der Waals surface area contributed by atoms with Crippen molar-refractivity contribution < 1.29 is 5.11 Å².